The van der Waals surface area contributed by atoms with E-state index < -0.39 is 11.8 Å². The normalized spacial score (nSPS) is 11.2. The van der Waals surface area contributed by atoms with Gasteiger partial charge < -0.3 is 10.6 Å². The van der Waals surface area contributed by atoms with Gasteiger partial charge in [0.2, 0.25) is 0 Å². The van der Waals surface area contributed by atoms with Gasteiger partial charge in [-0.25, -0.2) is 0 Å². The molecule has 0 radical (unpaired) electrons. The molecule has 1 aromatic carbocycles. The van der Waals surface area contributed by atoms with Crippen LogP contribution in [0.5, 0.6) is 0 Å². The fourth-order valence-electron chi connectivity index (χ4n) is 2.61. The minimum absolute atomic E-state index is 0.0984. The summed E-state index contributed by atoms with van der Waals surface area (Å²) in [6.07, 6.45) is 6.94. The zero-order valence-corrected chi connectivity index (χ0v) is 15.6. The van der Waals surface area contributed by atoms with Gasteiger partial charge in [-0.2, -0.15) is 0 Å². The van der Waals surface area contributed by atoms with Crippen LogP contribution in [-0.2, 0) is 15.0 Å². The van der Waals surface area contributed by atoms with Crippen LogP contribution >= 0.6 is 0 Å². The highest BCUT2D eigenvalue weighted by molar-refractivity contribution is 6.39. The SMILES string of the molecule is CCCCCCCCNC(=O)C(=O)Nc1ccccc1C(C)(C)C. The number of unbranched alkanes of at least 4 members (excludes halogenated alkanes) is 5. The molecule has 1 rings (SSSR count). The Morgan fingerprint density at radius 1 is 0.917 bits per heavy atom. The predicted molar refractivity (Wildman–Crippen MR) is 100 cm³/mol. The van der Waals surface area contributed by atoms with Gasteiger partial charge in [-0.1, -0.05) is 78.0 Å². The van der Waals surface area contributed by atoms with Gasteiger partial charge in [0.05, 0.1) is 0 Å². The summed E-state index contributed by atoms with van der Waals surface area (Å²) in [6.45, 7) is 8.99. The van der Waals surface area contributed by atoms with Crippen LogP contribution in [0.15, 0.2) is 24.3 Å². The van der Waals surface area contributed by atoms with Gasteiger partial charge in [0.1, 0.15) is 0 Å². The van der Waals surface area contributed by atoms with Gasteiger partial charge in [-0.15, -0.1) is 0 Å². The van der Waals surface area contributed by atoms with Crippen LogP contribution in [0.1, 0.15) is 71.8 Å². The minimum atomic E-state index is -0.599. The summed E-state index contributed by atoms with van der Waals surface area (Å²) in [5.74, 6) is -1.16. The second-order valence-electron chi connectivity index (χ2n) is 7.27. The standard InChI is InChI=1S/C20H32N2O2/c1-5-6-7-8-9-12-15-21-18(23)19(24)22-17-14-11-10-13-16(17)20(2,3)4/h10-11,13-14H,5-9,12,15H2,1-4H3,(H,21,23)(H,22,24). The molecule has 4 nitrogen and oxygen atoms in total. The molecule has 24 heavy (non-hydrogen) atoms. The summed E-state index contributed by atoms with van der Waals surface area (Å²) >= 11 is 0. The third-order valence-electron chi connectivity index (χ3n) is 4.01. The highest BCUT2D eigenvalue weighted by Crippen LogP contribution is 2.29. The molecule has 4 heteroatoms. The molecule has 0 heterocycles. The Balaban J connectivity index is 2.41. The fourth-order valence-corrected chi connectivity index (χ4v) is 2.61. The van der Waals surface area contributed by atoms with Crippen LogP contribution in [0.2, 0.25) is 0 Å². The third-order valence-corrected chi connectivity index (χ3v) is 4.01. The summed E-state index contributed by atoms with van der Waals surface area (Å²) in [5.41, 5.74) is 1.62. The Morgan fingerprint density at radius 3 is 2.21 bits per heavy atom. The molecule has 0 aliphatic heterocycles. The van der Waals surface area contributed by atoms with E-state index in [0.29, 0.717) is 12.2 Å². The quantitative estimate of drug-likeness (QED) is 0.547. The van der Waals surface area contributed by atoms with Crippen molar-refractivity contribution < 1.29 is 9.59 Å². The van der Waals surface area contributed by atoms with Crippen LogP contribution in [0.4, 0.5) is 5.69 Å². The van der Waals surface area contributed by atoms with Crippen molar-refractivity contribution in [2.75, 3.05) is 11.9 Å². The van der Waals surface area contributed by atoms with E-state index in [1.807, 2.05) is 24.3 Å². The molecular weight excluding hydrogens is 300 g/mol. The number of carbonyl (C=O) groups excluding carboxylic acids is 2. The second-order valence-corrected chi connectivity index (χ2v) is 7.27. The summed E-state index contributed by atoms with van der Waals surface area (Å²) < 4.78 is 0. The van der Waals surface area contributed by atoms with Crippen molar-refractivity contribution in [2.45, 2.75) is 71.6 Å². The van der Waals surface area contributed by atoms with E-state index in [0.717, 1.165) is 18.4 Å². The molecule has 0 aromatic heterocycles. The van der Waals surface area contributed by atoms with E-state index >= 15 is 0 Å². The van der Waals surface area contributed by atoms with E-state index in [9.17, 15) is 9.59 Å². The van der Waals surface area contributed by atoms with Crippen LogP contribution in [0.25, 0.3) is 0 Å². The van der Waals surface area contributed by atoms with E-state index in [1.165, 1.54) is 25.7 Å². The number of anilines is 1. The molecule has 0 aliphatic carbocycles. The summed E-state index contributed by atoms with van der Waals surface area (Å²) in [5, 5.41) is 5.44. The summed E-state index contributed by atoms with van der Waals surface area (Å²) in [4.78, 5) is 24.0. The van der Waals surface area contributed by atoms with Gasteiger partial charge in [-0.3, -0.25) is 9.59 Å². The molecule has 134 valence electrons. The molecule has 0 bridgehead atoms. The minimum Gasteiger partial charge on any atom is -0.348 e. The molecule has 0 atom stereocenters. The van der Waals surface area contributed by atoms with Crippen molar-refractivity contribution in [3.8, 4) is 0 Å². The Morgan fingerprint density at radius 2 is 1.54 bits per heavy atom. The van der Waals surface area contributed by atoms with E-state index in [4.69, 9.17) is 0 Å². The van der Waals surface area contributed by atoms with Crippen molar-refractivity contribution in [3.05, 3.63) is 29.8 Å². The maximum atomic E-state index is 12.1. The fraction of sp³-hybridized carbons (Fsp3) is 0.600. The van der Waals surface area contributed by atoms with Crippen LogP contribution in [0.3, 0.4) is 0 Å². The molecule has 0 aliphatic rings. The van der Waals surface area contributed by atoms with Gasteiger partial charge in [0, 0.05) is 12.2 Å². The molecule has 2 amide bonds. The molecule has 0 unspecified atom stereocenters. The number of nitrogens with one attached hydrogen (secondary N) is 2. The highest BCUT2D eigenvalue weighted by Gasteiger charge is 2.20. The maximum Gasteiger partial charge on any atom is 0.313 e. The Labute approximate surface area is 146 Å². The largest absolute Gasteiger partial charge is 0.348 e. The number of amides is 2. The predicted octanol–water partition coefficient (Wildman–Crippen LogP) is 4.40. The third kappa shape index (κ3) is 7.16. The molecule has 0 saturated heterocycles. The van der Waals surface area contributed by atoms with Crippen LogP contribution in [0, 0.1) is 0 Å². The monoisotopic (exact) mass is 332 g/mol. The van der Waals surface area contributed by atoms with Gasteiger partial charge in [-0.05, 0) is 23.5 Å². The Bertz CT molecular complexity index is 533. The van der Waals surface area contributed by atoms with E-state index in [-0.39, 0.29) is 5.41 Å². The zero-order chi connectivity index (χ0) is 18.0. The first-order chi connectivity index (χ1) is 11.4. The Hall–Kier alpha value is -1.84. The number of rotatable bonds is 8. The van der Waals surface area contributed by atoms with Crippen LogP contribution in [-0.4, -0.2) is 18.4 Å². The van der Waals surface area contributed by atoms with Gasteiger partial charge >= 0.3 is 11.8 Å². The van der Waals surface area contributed by atoms with Crippen LogP contribution < -0.4 is 10.6 Å². The lowest BCUT2D eigenvalue weighted by atomic mass is 9.86. The van der Waals surface area contributed by atoms with Gasteiger partial charge in [0.15, 0.2) is 0 Å². The lowest BCUT2D eigenvalue weighted by Gasteiger charge is -2.22. The average Bonchev–Trinajstić information content (AvgIpc) is 2.53. The number of carbonyl (C=O) groups is 2. The number of para-hydroxylation sites is 1. The number of hydrogen-bond acceptors (Lipinski definition) is 2. The second kappa shape index (κ2) is 10.1. The van der Waals surface area contributed by atoms with E-state index in [1.54, 1.807) is 0 Å². The lowest BCUT2D eigenvalue weighted by molar-refractivity contribution is -0.136. The molecule has 0 spiro atoms. The van der Waals surface area contributed by atoms with Crippen molar-refractivity contribution in [1.82, 2.24) is 5.32 Å². The number of benzene rings is 1. The Kier molecular flexibility index (Phi) is 8.51. The molecular formula is C20H32N2O2. The zero-order valence-electron chi connectivity index (χ0n) is 15.6. The summed E-state index contributed by atoms with van der Waals surface area (Å²) in [7, 11) is 0. The topological polar surface area (TPSA) is 58.2 Å². The van der Waals surface area contributed by atoms with Crippen molar-refractivity contribution in [3.63, 3.8) is 0 Å². The van der Waals surface area contributed by atoms with Crippen molar-refractivity contribution >= 4 is 17.5 Å². The first-order valence-corrected chi connectivity index (χ1v) is 9.05. The highest BCUT2D eigenvalue weighted by atomic mass is 16.2. The maximum absolute atomic E-state index is 12.1. The average molecular weight is 332 g/mol. The number of hydrogen-bond donors (Lipinski definition) is 2. The molecule has 0 saturated carbocycles. The van der Waals surface area contributed by atoms with Crippen molar-refractivity contribution in [2.24, 2.45) is 0 Å². The van der Waals surface area contributed by atoms with Gasteiger partial charge in [0.25, 0.3) is 0 Å². The van der Waals surface area contributed by atoms with E-state index in [2.05, 4.69) is 38.3 Å². The lowest BCUT2D eigenvalue weighted by Crippen LogP contribution is -2.36. The smallest absolute Gasteiger partial charge is 0.313 e. The molecule has 2 N–H and O–H groups in total. The first-order valence-electron chi connectivity index (χ1n) is 9.05. The van der Waals surface area contributed by atoms with Crippen molar-refractivity contribution in [1.29, 1.82) is 0 Å². The summed E-state index contributed by atoms with van der Waals surface area (Å²) in [6, 6.07) is 7.61. The molecule has 0 fully saturated rings. The first kappa shape index (κ1) is 20.2. The molecule has 1 aromatic rings.